The summed E-state index contributed by atoms with van der Waals surface area (Å²) in [5, 5.41) is 0. The molecule has 0 unspecified atom stereocenters. The van der Waals surface area contributed by atoms with Gasteiger partial charge in [0.2, 0.25) is 5.91 Å². The molecule has 1 spiro atoms. The lowest BCUT2D eigenvalue weighted by Crippen LogP contribution is -2.63. The summed E-state index contributed by atoms with van der Waals surface area (Å²) in [6, 6.07) is 3.55. The molecule has 52 heavy (non-hydrogen) atoms. The molecule has 5 heterocycles. The number of likely N-dealkylation sites (tertiary alicyclic amines) is 1. The first kappa shape index (κ1) is 38.1. The summed E-state index contributed by atoms with van der Waals surface area (Å²) in [6.07, 6.45) is 7.02. The number of rotatable bonds is 11. The van der Waals surface area contributed by atoms with E-state index in [0.29, 0.717) is 50.2 Å². The van der Waals surface area contributed by atoms with Crippen LogP contribution in [0.15, 0.2) is 43.4 Å². The number of ether oxygens (including phenoxy) is 1. The first-order chi connectivity index (χ1) is 24.7. The number of halogens is 1. The number of hydrogen-bond acceptors (Lipinski definition) is 9. The van der Waals surface area contributed by atoms with E-state index in [0.717, 1.165) is 52.0 Å². The Hall–Kier alpha value is -3.66. The number of piperidine rings is 1. The van der Waals surface area contributed by atoms with Crippen molar-refractivity contribution in [3.63, 3.8) is 0 Å². The number of carbonyl (C=O) groups is 2. The standard InChI is InChI=1S/C37H53FN8O5S/c1-7-34(47)42-16-17-45(28(6)20-42)52(49,50)44-14-11-37(12-15-44)23-41(24-37)21-29-10-13-43(22-29)35-33(19-39-25-40-35)51-32-9-8-30(38)18-31(32)36(48)46(26(2)3)27(4)5/h7-9,18-19,25-29H,1,10-17,20-24H2,2-6H3/t28-,29-/m0/s1. The molecular formula is C37H53FN8O5S. The summed E-state index contributed by atoms with van der Waals surface area (Å²) in [7, 11) is -3.60. The third-order valence-electron chi connectivity index (χ3n) is 11.1. The Morgan fingerprint density at radius 1 is 1.06 bits per heavy atom. The van der Waals surface area contributed by atoms with Crippen LogP contribution < -0.4 is 9.64 Å². The van der Waals surface area contributed by atoms with Gasteiger partial charge in [-0.3, -0.25) is 9.59 Å². The number of anilines is 1. The lowest BCUT2D eigenvalue weighted by Gasteiger charge is -2.55. The van der Waals surface area contributed by atoms with Gasteiger partial charge in [0.1, 0.15) is 17.9 Å². The van der Waals surface area contributed by atoms with E-state index in [1.165, 1.54) is 30.6 Å². The third kappa shape index (κ3) is 7.82. The summed E-state index contributed by atoms with van der Waals surface area (Å²) in [4.78, 5) is 42.4. The fraction of sp³-hybridized carbons (Fsp3) is 0.622. The van der Waals surface area contributed by atoms with Crippen molar-refractivity contribution in [2.24, 2.45) is 11.3 Å². The van der Waals surface area contributed by atoms with Crippen LogP contribution in [0.5, 0.6) is 11.5 Å². The van der Waals surface area contributed by atoms with Crippen LogP contribution in [0.3, 0.4) is 0 Å². The number of carbonyl (C=O) groups excluding carboxylic acids is 2. The van der Waals surface area contributed by atoms with Gasteiger partial charge in [0, 0.05) is 83.6 Å². The lowest BCUT2D eigenvalue weighted by molar-refractivity contribution is -0.128. The van der Waals surface area contributed by atoms with Crippen LogP contribution in [0.25, 0.3) is 0 Å². The predicted molar refractivity (Wildman–Crippen MR) is 197 cm³/mol. The van der Waals surface area contributed by atoms with Gasteiger partial charge in [-0.2, -0.15) is 17.0 Å². The molecule has 1 aromatic carbocycles. The number of hydrogen-bond donors (Lipinski definition) is 0. The van der Waals surface area contributed by atoms with Crippen LogP contribution in [0, 0.1) is 17.2 Å². The zero-order chi connectivity index (χ0) is 37.4. The number of benzene rings is 1. The highest BCUT2D eigenvalue weighted by atomic mass is 32.2. The fourth-order valence-corrected chi connectivity index (χ4v) is 10.3. The van der Waals surface area contributed by atoms with E-state index >= 15 is 0 Å². The van der Waals surface area contributed by atoms with E-state index in [4.69, 9.17) is 4.74 Å². The largest absolute Gasteiger partial charge is 0.451 e. The molecule has 1 aromatic heterocycles. The average molecular weight is 741 g/mol. The zero-order valence-corrected chi connectivity index (χ0v) is 31.9. The maximum atomic E-state index is 14.4. The van der Waals surface area contributed by atoms with Crippen molar-refractivity contribution < 1.29 is 27.1 Å². The van der Waals surface area contributed by atoms with E-state index < -0.39 is 16.0 Å². The second-order valence-electron chi connectivity index (χ2n) is 15.5. The van der Waals surface area contributed by atoms with Crippen molar-refractivity contribution in [2.45, 2.75) is 72.0 Å². The Labute approximate surface area is 307 Å². The highest BCUT2D eigenvalue weighted by Crippen LogP contribution is 2.43. The van der Waals surface area contributed by atoms with Gasteiger partial charge < -0.3 is 24.3 Å². The first-order valence-corrected chi connectivity index (χ1v) is 19.9. The number of amides is 2. The number of nitrogens with zero attached hydrogens (tertiary/aromatic N) is 8. The summed E-state index contributed by atoms with van der Waals surface area (Å²) in [5.41, 5.74) is 0.296. The first-order valence-electron chi connectivity index (χ1n) is 18.5. The molecule has 0 radical (unpaired) electrons. The molecule has 2 amide bonds. The predicted octanol–water partition coefficient (Wildman–Crippen LogP) is 3.85. The molecule has 284 valence electrons. The van der Waals surface area contributed by atoms with Crippen molar-refractivity contribution in [2.75, 3.05) is 70.3 Å². The maximum Gasteiger partial charge on any atom is 0.282 e. The smallest absolute Gasteiger partial charge is 0.282 e. The van der Waals surface area contributed by atoms with Gasteiger partial charge in [0.25, 0.3) is 16.1 Å². The van der Waals surface area contributed by atoms with Crippen molar-refractivity contribution in [1.82, 2.24) is 33.3 Å². The van der Waals surface area contributed by atoms with Crippen LogP contribution in [-0.4, -0.2) is 137 Å². The van der Waals surface area contributed by atoms with Crippen LogP contribution in [0.1, 0.15) is 64.2 Å². The second-order valence-corrected chi connectivity index (χ2v) is 17.4. The molecule has 13 nitrogen and oxygen atoms in total. The van der Waals surface area contributed by atoms with Gasteiger partial charge in [-0.05, 0) is 89.5 Å². The number of aromatic nitrogens is 2. The van der Waals surface area contributed by atoms with E-state index in [-0.39, 0.29) is 46.7 Å². The highest BCUT2D eigenvalue weighted by Gasteiger charge is 2.48. The van der Waals surface area contributed by atoms with Crippen molar-refractivity contribution in [3.8, 4) is 11.5 Å². The quantitative estimate of drug-likeness (QED) is 0.317. The van der Waals surface area contributed by atoms with Gasteiger partial charge in [-0.25, -0.2) is 14.4 Å². The normalized spacial score (nSPS) is 22.9. The average Bonchev–Trinajstić information content (AvgIpc) is 3.56. The highest BCUT2D eigenvalue weighted by molar-refractivity contribution is 7.86. The van der Waals surface area contributed by atoms with Crippen molar-refractivity contribution >= 4 is 27.8 Å². The molecule has 0 saturated carbocycles. The van der Waals surface area contributed by atoms with E-state index in [9.17, 15) is 22.4 Å². The molecule has 6 rings (SSSR count). The fourth-order valence-electron chi connectivity index (χ4n) is 8.54. The minimum Gasteiger partial charge on any atom is -0.451 e. The van der Waals surface area contributed by atoms with Gasteiger partial charge in [0.05, 0.1) is 11.8 Å². The Kier molecular flexibility index (Phi) is 11.3. The van der Waals surface area contributed by atoms with Crippen LogP contribution in [0.2, 0.25) is 0 Å². The SMILES string of the molecule is C=CC(=O)N1CCN(S(=O)(=O)N2CCC3(CC2)CN(C[C@@H]2CCN(c4ncncc4Oc4ccc(F)cc4C(=O)N(C(C)C)C(C)C)C2)C3)[C@@H](C)C1. The molecule has 0 bridgehead atoms. The monoisotopic (exact) mass is 740 g/mol. The van der Waals surface area contributed by atoms with Crippen LogP contribution in [0.4, 0.5) is 10.2 Å². The van der Waals surface area contributed by atoms with Crippen LogP contribution >= 0.6 is 0 Å². The van der Waals surface area contributed by atoms with E-state index in [1.54, 1.807) is 24.6 Å². The Morgan fingerprint density at radius 3 is 2.42 bits per heavy atom. The lowest BCUT2D eigenvalue weighted by atomic mass is 9.72. The Morgan fingerprint density at radius 2 is 1.77 bits per heavy atom. The van der Waals surface area contributed by atoms with Gasteiger partial charge in [0.15, 0.2) is 11.6 Å². The second kappa shape index (κ2) is 15.4. The maximum absolute atomic E-state index is 14.4. The molecule has 15 heteroatoms. The molecule has 4 aliphatic rings. The van der Waals surface area contributed by atoms with E-state index in [1.807, 2.05) is 34.6 Å². The number of piperazine rings is 1. The molecule has 4 aliphatic heterocycles. The molecule has 4 saturated heterocycles. The Balaban J connectivity index is 1.02. The summed E-state index contributed by atoms with van der Waals surface area (Å²) >= 11 is 0. The van der Waals surface area contributed by atoms with Gasteiger partial charge in [-0.15, -0.1) is 0 Å². The topological polar surface area (TPSA) is 123 Å². The molecule has 2 aromatic rings. The summed E-state index contributed by atoms with van der Waals surface area (Å²) in [6.45, 7) is 19.6. The summed E-state index contributed by atoms with van der Waals surface area (Å²) in [5.74, 6) is 0.749. The molecule has 0 aliphatic carbocycles. The van der Waals surface area contributed by atoms with Crippen molar-refractivity contribution in [3.05, 3.63) is 54.8 Å². The van der Waals surface area contributed by atoms with Gasteiger partial charge in [-0.1, -0.05) is 6.58 Å². The molecular weight excluding hydrogens is 688 g/mol. The van der Waals surface area contributed by atoms with E-state index in [2.05, 4.69) is 26.3 Å². The van der Waals surface area contributed by atoms with Crippen LogP contribution in [-0.2, 0) is 15.0 Å². The minimum atomic E-state index is -3.60. The Bertz CT molecular complexity index is 1730. The molecule has 2 atom stereocenters. The summed E-state index contributed by atoms with van der Waals surface area (Å²) < 4.78 is 51.1. The molecule has 4 fully saturated rings. The van der Waals surface area contributed by atoms with Gasteiger partial charge >= 0.3 is 0 Å². The third-order valence-corrected chi connectivity index (χ3v) is 13.2. The minimum absolute atomic E-state index is 0.0795. The van der Waals surface area contributed by atoms with Crippen molar-refractivity contribution in [1.29, 1.82) is 0 Å². The molecule has 0 N–H and O–H groups in total. The zero-order valence-electron chi connectivity index (χ0n) is 31.1.